The van der Waals surface area contributed by atoms with Crippen LogP contribution < -0.4 is 10.1 Å². The Balaban J connectivity index is 1.71. The number of ether oxygens (including phenoxy) is 1. The maximum atomic E-state index is 12.0. The van der Waals surface area contributed by atoms with Crippen molar-refractivity contribution in [2.24, 2.45) is 0 Å². The monoisotopic (exact) mass is 304 g/mol. The fourth-order valence-corrected chi connectivity index (χ4v) is 2.93. The molecule has 0 radical (unpaired) electrons. The maximum Gasteiger partial charge on any atom is 0.317 e. The topological polar surface area (TPSA) is 41.6 Å². The molecule has 22 heavy (non-hydrogen) atoms. The van der Waals surface area contributed by atoms with E-state index in [0.717, 1.165) is 38.1 Å². The minimum absolute atomic E-state index is 0.0150. The second-order valence-corrected chi connectivity index (χ2v) is 5.85. The van der Waals surface area contributed by atoms with E-state index in [1.807, 2.05) is 11.0 Å². The Hall–Kier alpha value is -1.71. The molecule has 0 saturated carbocycles. The summed E-state index contributed by atoms with van der Waals surface area (Å²) in [4.78, 5) is 13.9. The Bertz CT molecular complexity index is 482. The molecular weight excluding hydrogens is 276 g/mol. The average molecular weight is 304 g/mol. The van der Waals surface area contributed by atoms with Crippen molar-refractivity contribution in [3.8, 4) is 5.75 Å². The molecule has 2 amide bonds. The van der Waals surface area contributed by atoms with Crippen molar-refractivity contribution in [3.63, 3.8) is 0 Å². The van der Waals surface area contributed by atoms with Gasteiger partial charge in [0.05, 0.1) is 6.54 Å². The van der Waals surface area contributed by atoms with Gasteiger partial charge in [-0.05, 0) is 55.4 Å². The van der Waals surface area contributed by atoms with Crippen LogP contribution in [-0.4, -0.2) is 37.2 Å². The summed E-state index contributed by atoms with van der Waals surface area (Å²) >= 11 is 0. The predicted octanol–water partition coefficient (Wildman–Crippen LogP) is 3.39. The smallest absolute Gasteiger partial charge is 0.317 e. The Morgan fingerprint density at radius 2 is 1.91 bits per heavy atom. The summed E-state index contributed by atoms with van der Waals surface area (Å²) in [5, 5.41) is 2.94. The molecule has 2 rings (SSSR count). The Kier molecular flexibility index (Phi) is 6.56. The van der Waals surface area contributed by atoms with Gasteiger partial charge in [0.25, 0.3) is 0 Å². The molecule has 0 atom stereocenters. The van der Waals surface area contributed by atoms with Crippen molar-refractivity contribution in [3.05, 3.63) is 29.3 Å². The average Bonchev–Trinajstić information content (AvgIpc) is 2.98. The summed E-state index contributed by atoms with van der Waals surface area (Å²) in [5.41, 5.74) is 2.87. The van der Waals surface area contributed by atoms with Gasteiger partial charge in [-0.1, -0.05) is 19.9 Å². The van der Waals surface area contributed by atoms with E-state index in [-0.39, 0.29) is 6.03 Å². The number of carbonyl (C=O) groups is 1. The lowest BCUT2D eigenvalue weighted by molar-refractivity contribution is 0.194. The van der Waals surface area contributed by atoms with Crippen LogP contribution in [0.2, 0.25) is 0 Å². The van der Waals surface area contributed by atoms with Gasteiger partial charge in [-0.3, -0.25) is 0 Å². The molecular formula is C18H28N2O2. The Morgan fingerprint density at radius 1 is 1.18 bits per heavy atom. The number of nitrogens with zero attached hydrogens (tertiary/aromatic N) is 1. The summed E-state index contributed by atoms with van der Waals surface area (Å²) in [6.07, 6.45) is 5.57. The number of hydrogen-bond donors (Lipinski definition) is 1. The van der Waals surface area contributed by atoms with Crippen LogP contribution in [0, 0.1) is 0 Å². The van der Waals surface area contributed by atoms with Gasteiger partial charge in [-0.2, -0.15) is 0 Å². The van der Waals surface area contributed by atoms with Crippen LogP contribution in [0.5, 0.6) is 5.75 Å². The van der Waals surface area contributed by atoms with Crippen LogP contribution in [0.1, 0.15) is 44.2 Å². The van der Waals surface area contributed by atoms with Crippen LogP contribution in [0.4, 0.5) is 4.79 Å². The van der Waals surface area contributed by atoms with Gasteiger partial charge in [0.2, 0.25) is 0 Å². The lowest BCUT2D eigenvalue weighted by Gasteiger charge is -2.21. The van der Waals surface area contributed by atoms with Crippen LogP contribution >= 0.6 is 0 Å². The molecule has 0 fully saturated rings. The summed E-state index contributed by atoms with van der Waals surface area (Å²) < 4.78 is 5.75. The largest absolute Gasteiger partial charge is 0.492 e. The molecule has 0 heterocycles. The normalized spacial score (nSPS) is 12.8. The van der Waals surface area contributed by atoms with E-state index in [1.165, 1.54) is 24.0 Å². The number of aryl methyl sites for hydroxylation is 2. The third-order valence-corrected chi connectivity index (χ3v) is 3.99. The lowest BCUT2D eigenvalue weighted by atomic mass is 10.1. The van der Waals surface area contributed by atoms with Gasteiger partial charge in [-0.25, -0.2) is 4.79 Å². The van der Waals surface area contributed by atoms with E-state index in [2.05, 4.69) is 31.3 Å². The molecule has 0 aromatic heterocycles. The zero-order chi connectivity index (χ0) is 15.8. The molecule has 4 heteroatoms. The van der Waals surface area contributed by atoms with Crippen LogP contribution in [0.25, 0.3) is 0 Å². The number of rotatable bonds is 8. The van der Waals surface area contributed by atoms with Crippen molar-refractivity contribution >= 4 is 6.03 Å². The van der Waals surface area contributed by atoms with Crippen molar-refractivity contribution in [2.45, 2.75) is 46.0 Å². The minimum atomic E-state index is 0.0150. The highest BCUT2D eigenvalue weighted by atomic mass is 16.5. The molecule has 4 nitrogen and oxygen atoms in total. The highest BCUT2D eigenvalue weighted by molar-refractivity contribution is 5.74. The van der Waals surface area contributed by atoms with Gasteiger partial charge >= 0.3 is 6.03 Å². The number of carbonyl (C=O) groups excluding carboxylic acids is 1. The fourth-order valence-electron chi connectivity index (χ4n) is 2.93. The highest BCUT2D eigenvalue weighted by Gasteiger charge is 2.12. The van der Waals surface area contributed by atoms with Crippen LogP contribution in [0.3, 0.4) is 0 Å². The fraction of sp³-hybridized carbons (Fsp3) is 0.611. The lowest BCUT2D eigenvalue weighted by Crippen LogP contribution is -2.42. The molecule has 1 aromatic rings. The summed E-state index contributed by atoms with van der Waals surface area (Å²) in [5.74, 6) is 0.911. The van der Waals surface area contributed by atoms with E-state index in [0.29, 0.717) is 13.2 Å². The standard InChI is InChI=1S/C18H28N2O2/c1-3-11-20(12-4-2)18(21)19-10-13-22-17-9-8-15-6-5-7-16(15)14-17/h8-9,14H,3-7,10-13H2,1-2H3,(H,19,21). The second kappa shape index (κ2) is 8.66. The van der Waals surface area contributed by atoms with E-state index in [1.54, 1.807) is 0 Å². The molecule has 1 aromatic carbocycles. The SMILES string of the molecule is CCCN(CCC)C(=O)NCCOc1ccc2c(c1)CCC2. The molecule has 1 aliphatic carbocycles. The number of amides is 2. The van der Waals surface area contributed by atoms with Crippen molar-refractivity contribution in [1.82, 2.24) is 10.2 Å². The molecule has 1 N–H and O–H groups in total. The van der Waals surface area contributed by atoms with E-state index in [9.17, 15) is 4.79 Å². The van der Waals surface area contributed by atoms with E-state index < -0.39 is 0 Å². The second-order valence-electron chi connectivity index (χ2n) is 5.85. The van der Waals surface area contributed by atoms with Gasteiger partial charge in [0.1, 0.15) is 12.4 Å². The first kappa shape index (κ1) is 16.7. The molecule has 122 valence electrons. The first-order valence-corrected chi connectivity index (χ1v) is 8.52. The van der Waals surface area contributed by atoms with Crippen molar-refractivity contribution in [1.29, 1.82) is 0 Å². The highest BCUT2D eigenvalue weighted by Crippen LogP contribution is 2.25. The molecule has 0 spiro atoms. The predicted molar refractivity (Wildman–Crippen MR) is 89.5 cm³/mol. The van der Waals surface area contributed by atoms with Gasteiger partial charge in [-0.15, -0.1) is 0 Å². The van der Waals surface area contributed by atoms with Crippen molar-refractivity contribution in [2.75, 3.05) is 26.2 Å². The number of urea groups is 1. The number of benzene rings is 1. The molecule has 0 aliphatic heterocycles. The van der Waals surface area contributed by atoms with E-state index >= 15 is 0 Å². The number of nitrogens with one attached hydrogen (secondary N) is 1. The van der Waals surface area contributed by atoms with Crippen LogP contribution in [-0.2, 0) is 12.8 Å². The van der Waals surface area contributed by atoms with E-state index in [4.69, 9.17) is 4.74 Å². The third-order valence-electron chi connectivity index (χ3n) is 3.99. The summed E-state index contributed by atoms with van der Waals surface area (Å²) in [6, 6.07) is 6.36. The third kappa shape index (κ3) is 4.65. The first-order valence-electron chi connectivity index (χ1n) is 8.52. The summed E-state index contributed by atoms with van der Waals surface area (Å²) in [7, 11) is 0. The van der Waals surface area contributed by atoms with Crippen molar-refractivity contribution < 1.29 is 9.53 Å². The summed E-state index contributed by atoms with van der Waals surface area (Å²) in [6.45, 7) is 6.85. The van der Waals surface area contributed by atoms with Crippen LogP contribution in [0.15, 0.2) is 18.2 Å². The Labute approximate surface area is 133 Å². The zero-order valence-electron chi connectivity index (χ0n) is 13.9. The maximum absolute atomic E-state index is 12.0. The van der Waals surface area contributed by atoms with Gasteiger partial charge < -0.3 is 15.0 Å². The van der Waals surface area contributed by atoms with Gasteiger partial charge in [0.15, 0.2) is 0 Å². The molecule has 0 saturated heterocycles. The molecule has 1 aliphatic rings. The molecule has 0 bridgehead atoms. The zero-order valence-corrected chi connectivity index (χ0v) is 13.9. The molecule has 0 unspecified atom stereocenters. The Morgan fingerprint density at radius 3 is 2.64 bits per heavy atom. The van der Waals surface area contributed by atoms with Gasteiger partial charge in [0, 0.05) is 13.1 Å². The minimum Gasteiger partial charge on any atom is -0.492 e. The quantitative estimate of drug-likeness (QED) is 0.748. The number of hydrogen-bond acceptors (Lipinski definition) is 2. The first-order chi connectivity index (χ1) is 10.7. The number of fused-ring (bicyclic) bond motifs is 1.